The number of hydrogen-bond acceptors (Lipinski definition) is 3. The van der Waals surface area contributed by atoms with Gasteiger partial charge in [0.1, 0.15) is 0 Å². The molecule has 20 heavy (non-hydrogen) atoms. The van der Waals surface area contributed by atoms with E-state index < -0.39 is 11.5 Å². The zero-order chi connectivity index (χ0) is 15.0. The minimum atomic E-state index is -0.880. The Bertz CT molecular complexity index is 362. The summed E-state index contributed by atoms with van der Waals surface area (Å²) in [6, 6.07) is 0. The first kappa shape index (κ1) is 16.5. The van der Waals surface area contributed by atoms with Crippen molar-refractivity contribution in [1.82, 2.24) is 10.6 Å². The Kier molecular flexibility index (Phi) is 6.48. The van der Waals surface area contributed by atoms with E-state index >= 15 is 0 Å². The van der Waals surface area contributed by atoms with Crippen molar-refractivity contribution in [1.29, 1.82) is 0 Å². The predicted octanol–water partition coefficient (Wildman–Crippen LogP) is 1.20. The molecule has 114 valence electrons. The molecule has 1 saturated carbocycles. The van der Waals surface area contributed by atoms with Gasteiger partial charge in [-0.3, -0.25) is 14.4 Å². The van der Waals surface area contributed by atoms with Crippen LogP contribution in [0.25, 0.3) is 0 Å². The van der Waals surface area contributed by atoms with Crippen molar-refractivity contribution in [2.75, 3.05) is 6.54 Å². The van der Waals surface area contributed by atoms with Gasteiger partial charge in [-0.25, -0.2) is 0 Å². The lowest BCUT2D eigenvalue weighted by atomic mass is 9.93. The zero-order valence-corrected chi connectivity index (χ0v) is 12.0. The summed E-state index contributed by atoms with van der Waals surface area (Å²) in [5.74, 6) is -1.09. The molecule has 1 aliphatic carbocycles. The van der Waals surface area contributed by atoms with E-state index in [0.717, 1.165) is 25.7 Å². The van der Waals surface area contributed by atoms with Gasteiger partial charge >= 0.3 is 5.97 Å². The predicted molar refractivity (Wildman–Crippen MR) is 74.1 cm³/mol. The van der Waals surface area contributed by atoms with Gasteiger partial charge in [-0.05, 0) is 26.2 Å². The highest BCUT2D eigenvalue weighted by Gasteiger charge is 2.37. The van der Waals surface area contributed by atoms with Crippen molar-refractivity contribution in [3.8, 4) is 0 Å². The van der Waals surface area contributed by atoms with Crippen molar-refractivity contribution in [2.45, 2.75) is 63.8 Å². The number of nitrogens with one attached hydrogen (secondary N) is 2. The molecule has 0 saturated heterocycles. The minimum absolute atomic E-state index is 0.0188. The first-order valence-corrected chi connectivity index (χ1v) is 7.27. The Balaban J connectivity index is 2.35. The molecular formula is C14H24N2O4. The van der Waals surface area contributed by atoms with Crippen LogP contribution in [0.5, 0.6) is 0 Å². The topological polar surface area (TPSA) is 95.5 Å². The Morgan fingerprint density at radius 1 is 1.10 bits per heavy atom. The van der Waals surface area contributed by atoms with E-state index in [-0.39, 0.29) is 24.7 Å². The molecule has 1 aliphatic rings. The van der Waals surface area contributed by atoms with Gasteiger partial charge in [-0.15, -0.1) is 0 Å². The third-order valence-electron chi connectivity index (χ3n) is 3.64. The van der Waals surface area contributed by atoms with Gasteiger partial charge in [0.15, 0.2) is 0 Å². The number of rotatable bonds is 8. The number of aliphatic carboxylic acids is 1. The highest BCUT2D eigenvalue weighted by molar-refractivity contribution is 5.80. The Morgan fingerprint density at radius 3 is 2.25 bits per heavy atom. The molecule has 0 unspecified atom stereocenters. The first-order valence-electron chi connectivity index (χ1n) is 7.27. The minimum Gasteiger partial charge on any atom is -0.481 e. The summed E-state index contributed by atoms with van der Waals surface area (Å²) in [7, 11) is 0. The van der Waals surface area contributed by atoms with E-state index in [4.69, 9.17) is 5.11 Å². The van der Waals surface area contributed by atoms with E-state index in [0.29, 0.717) is 19.4 Å². The molecular weight excluding hydrogens is 260 g/mol. The number of carbonyl (C=O) groups is 3. The molecule has 0 spiro atoms. The molecule has 1 rings (SSSR count). The molecule has 3 N–H and O–H groups in total. The van der Waals surface area contributed by atoms with Crippen LogP contribution in [0.1, 0.15) is 58.3 Å². The van der Waals surface area contributed by atoms with E-state index in [1.807, 2.05) is 6.92 Å². The van der Waals surface area contributed by atoms with Gasteiger partial charge in [0.05, 0.1) is 12.0 Å². The molecule has 1 fully saturated rings. The average Bonchev–Trinajstić information content (AvgIpc) is 2.76. The van der Waals surface area contributed by atoms with Crippen LogP contribution in [0.4, 0.5) is 0 Å². The summed E-state index contributed by atoms with van der Waals surface area (Å²) in [6.07, 6.45) is 4.41. The van der Waals surface area contributed by atoms with E-state index in [2.05, 4.69) is 10.6 Å². The monoisotopic (exact) mass is 284 g/mol. The lowest BCUT2D eigenvalue weighted by molar-refractivity contribution is -0.139. The SMILES string of the molecule is CCNC(=O)CCCC(=O)NC1(CC(=O)O)CCCC1. The lowest BCUT2D eigenvalue weighted by Crippen LogP contribution is -2.47. The summed E-state index contributed by atoms with van der Waals surface area (Å²) in [4.78, 5) is 34.1. The van der Waals surface area contributed by atoms with Crippen molar-refractivity contribution in [2.24, 2.45) is 0 Å². The van der Waals surface area contributed by atoms with Crippen LogP contribution in [0.3, 0.4) is 0 Å². The van der Waals surface area contributed by atoms with Crippen LogP contribution in [0, 0.1) is 0 Å². The molecule has 0 radical (unpaired) electrons. The first-order chi connectivity index (χ1) is 9.47. The van der Waals surface area contributed by atoms with Crippen LogP contribution in [-0.4, -0.2) is 35.0 Å². The molecule has 0 aliphatic heterocycles. The van der Waals surface area contributed by atoms with Crippen molar-refractivity contribution in [3.63, 3.8) is 0 Å². The van der Waals surface area contributed by atoms with Gasteiger partial charge < -0.3 is 15.7 Å². The third kappa shape index (κ3) is 5.59. The maximum atomic E-state index is 11.9. The normalized spacial score (nSPS) is 16.6. The van der Waals surface area contributed by atoms with Crippen LogP contribution in [0.15, 0.2) is 0 Å². The number of amides is 2. The number of carbonyl (C=O) groups excluding carboxylic acids is 2. The van der Waals surface area contributed by atoms with Gasteiger partial charge in [0, 0.05) is 19.4 Å². The fourth-order valence-electron chi connectivity index (χ4n) is 2.74. The number of carboxylic acid groups (broad SMARTS) is 1. The number of carboxylic acids is 1. The highest BCUT2D eigenvalue weighted by atomic mass is 16.4. The lowest BCUT2D eigenvalue weighted by Gasteiger charge is -2.28. The van der Waals surface area contributed by atoms with Gasteiger partial charge in [-0.1, -0.05) is 12.8 Å². The van der Waals surface area contributed by atoms with E-state index in [1.165, 1.54) is 0 Å². The molecule has 0 bridgehead atoms. The molecule has 2 amide bonds. The maximum absolute atomic E-state index is 11.9. The highest BCUT2D eigenvalue weighted by Crippen LogP contribution is 2.32. The summed E-state index contributed by atoms with van der Waals surface area (Å²) in [5, 5.41) is 14.5. The second-order valence-corrected chi connectivity index (χ2v) is 5.41. The zero-order valence-electron chi connectivity index (χ0n) is 12.0. The standard InChI is InChI=1S/C14H24N2O4/c1-2-15-11(17)6-5-7-12(18)16-14(10-13(19)20)8-3-4-9-14/h2-10H2,1H3,(H,15,17)(H,16,18)(H,19,20). The molecule has 0 atom stereocenters. The van der Waals surface area contributed by atoms with Crippen LogP contribution >= 0.6 is 0 Å². The smallest absolute Gasteiger partial charge is 0.305 e. The van der Waals surface area contributed by atoms with Gasteiger partial charge in [0.2, 0.25) is 11.8 Å². The Labute approximate surface area is 119 Å². The van der Waals surface area contributed by atoms with Crippen LogP contribution in [-0.2, 0) is 14.4 Å². The molecule has 0 aromatic rings. The van der Waals surface area contributed by atoms with Gasteiger partial charge in [0.25, 0.3) is 0 Å². The van der Waals surface area contributed by atoms with Crippen molar-refractivity contribution < 1.29 is 19.5 Å². The fourth-order valence-corrected chi connectivity index (χ4v) is 2.74. The van der Waals surface area contributed by atoms with E-state index in [1.54, 1.807) is 0 Å². The van der Waals surface area contributed by atoms with Crippen LogP contribution in [0.2, 0.25) is 0 Å². The molecule has 0 heterocycles. The largest absolute Gasteiger partial charge is 0.481 e. The van der Waals surface area contributed by atoms with Crippen molar-refractivity contribution in [3.05, 3.63) is 0 Å². The van der Waals surface area contributed by atoms with Crippen LogP contribution < -0.4 is 10.6 Å². The summed E-state index contributed by atoms with van der Waals surface area (Å²) >= 11 is 0. The third-order valence-corrected chi connectivity index (χ3v) is 3.64. The quantitative estimate of drug-likeness (QED) is 0.624. The Hall–Kier alpha value is -1.59. The second-order valence-electron chi connectivity index (χ2n) is 5.41. The summed E-state index contributed by atoms with van der Waals surface area (Å²) < 4.78 is 0. The van der Waals surface area contributed by atoms with Crippen molar-refractivity contribution >= 4 is 17.8 Å². The van der Waals surface area contributed by atoms with E-state index in [9.17, 15) is 14.4 Å². The Morgan fingerprint density at radius 2 is 1.70 bits per heavy atom. The average molecular weight is 284 g/mol. The summed E-state index contributed by atoms with van der Waals surface area (Å²) in [5.41, 5.74) is -0.575. The molecule has 0 aromatic carbocycles. The second kappa shape index (κ2) is 7.87. The fraction of sp³-hybridized carbons (Fsp3) is 0.786. The molecule has 0 aromatic heterocycles. The van der Waals surface area contributed by atoms with Gasteiger partial charge in [-0.2, -0.15) is 0 Å². The number of hydrogen-bond donors (Lipinski definition) is 3. The maximum Gasteiger partial charge on any atom is 0.305 e. The molecule has 6 heteroatoms. The summed E-state index contributed by atoms with van der Waals surface area (Å²) in [6.45, 7) is 2.44. The molecule has 6 nitrogen and oxygen atoms in total.